The van der Waals surface area contributed by atoms with Crippen molar-refractivity contribution in [3.8, 4) is 5.82 Å². The molecule has 0 bridgehead atoms. The Morgan fingerprint density at radius 2 is 2.11 bits per heavy atom. The van der Waals surface area contributed by atoms with E-state index < -0.39 is 0 Å². The van der Waals surface area contributed by atoms with E-state index in [0.29, 0.717) is 24.0 Å². The SMILES string of the molecule is COCC1(CNC(=O)c2nc(-n3nc(C)cc3C)ccc2Cl)CCNCC1. The first-order chi connectivity index (χ1) is 12.9. The molecule has 1 saturated heterocycles. The van der Waals surface area contributed by atoms with Gasteiger partial charge in [0.25, 0.3) is 5.91 Å². The van der Waals surface area contributed by atoms with Crippen LogP contribution in [-0.4, -0.2) is 54.0 Å². The molecule has 3 rings (SSSR count). The van der Waals surface area contributed by atoms with Gasteiger partial charge in [-0.1, -0.05) is 11.6 Å². The molecule has 146 valence electrons. The summed E-state index contributed by atoms with van der Waals surface area (Å²) in [6.45, 7) is 6.85. The Morgan fingerprint density at radius 1 is 1.37 bits per heavy atom. The third kappa shape index (κ3) is 4.48. The first kappa shape index (κ1) is 19.8. The molecule has 0 radical (unpaired) electrons. The zero-order valence-corrected chi connectivity index (χ0v) is 16.8. The maximum Gasteiger partial charge on any atom is 0.271 e. The lowest BCUT2D eigenvalue weighted by Gasteiger charge is -2.37. The van der Waals surface area contributed by atoms with Crippen molar-refractivity contribution in [1.82, 2.24) is 25.4 Å². The Balaban J connectivity index is 1.78. The van der Waals surface area contributed by atoms with E-state index in [2.05, 4.69) is 20.7 Å². The van der Waals surface area contributed by atoms with Crippen LogP contribution in [0.1, 0.15) is 34.7 Å². The minimum absolute atomic E-state index is 0.0601. The van der Waals surface area contributed by atoms with E-state index in [-0.39, 0.29) is 17.0 Å². The molecule has 0 aromatic carbocycles. The number of ether oxygens (including phenoxy) is 1. The predicted octanol–water partition coefficient (Wildman–Crippen LogP) is 2.28. The summed E-state index contributed by atoms with van der Waals surface area (Å²) in [5, 5.41) is 11.1. The molecule has 2 aromatic heterocycles. The molecule has 2 N–H and O–H groups in total. The van der Waals surface area contributed by atoms with E-state index >= 15 is 0 Å². The number of nitrogens with one attached hydrogen (secondary N) is 2. The number of nitrogens with zero attached hydrogens (tertiary/aromatic N) is 3. The maximum atomic E-state index is 12.8. The molecule has 0 spiro atoms. The molecule has 7 nitrogen and oxygen atoms in total. The number of methoxy groups -OCH3 is 1. The molecule has 2 aromatic rings. The highest BCUT2D eigenvalue weighted by molar-refractivity contribution is 6.33. The molecule has 27 heavy (non-hydrogen) atoms. The summed E-state index contributed by atoms with van der Waals surface area (Å²) in [5.41, 5.74) is 1.99. The summed E-state index contributed by atoms with van der Waals surface area (Å²) in [6.07, 6.45) is 1.90. The van der Waals surface area contributed by atoms with Gasteiger partial charge in [0, 0.05) is 24.8 Å². The first-order valence-electron chi connectivity index (χ1n) is 9.12. The number of amides is 1. The molecule has 0 saturated carbocycles. The number of piperidine rings is 1. The van der Waals surface area contributed by atoms with Crippen molar-refractivity contribution in [2.24, 2.45) is 5.41 Å². The normalized spacial score (nSPS) is 16.3. The Bertz CT molecular complexity index is 809. The van der Waals surface area contributed by atoms with Crippen molar-refractivity contribution in [3.05, 3.63) is 40.3 Å². The number of hydrogen-bond acceptors (Lipinski definition) is 5. The van der Waals surface area contributed by atoms with Gasteiger partial charge in [0.15, 0.2) is 5.82 Å². The first-order valence-corrected chi connectivity index (χ1v) is 9.50. The highest BCUT2D eigenvalue weighted by atomic mass is 35.5. The van der Waals surface area contributed by atoms with Crippen molar-refractivity contribution in [1.29, 1.82) is 0 Å². The third-order valence-electron chi connectivity index (χ3n) is 5.01. The standard InChI is InChI=1S/C19H26ClN5O2/c1-13-10-14(2)25(24-13)16-5-4-15(20)17(23-16)18(26)22-11-19(12-27-3)6-8-21-9-7-19/h4-5,10,21H,6-9,11-12H2,1-3H3,(H,22,26). The van der Waals surface area contributed by atoms with Gasteiger partial charge in [0.05, 0.1) is 17.3 Å². The second-order valence-corrected chi connectivity index (χ2v) is 7.61. The van der Waals surface area contributed by atoms with Crippen LogP contribution in [0.5, 0.6) is 0 Å². The van der Waals surface area contributed by atoms with E-state index in [1.807, 2.05) is 19.9 Å². The number of pyridine rings is 1. The van der Waals surface area contributed by atoms with Gasteiger partial charge >= 0.3 is 0 Å². The Kier molecular flexibility index (Phi) is 6.14. The summed E-state index contributed by atoms with van der Waals surface area (Å²) < 4.78 is 7.12. The number of carbonyl (C=O) groups excluding carboxylic acids is 1. The van der Waals surface area contributed by atoms with E-state index in [1.54, 1.807) is 23.9 Å². The molecule has 8 heteroatoms. The summed E-state index contributed by atoms with van der Waals surface area (Å²) in [4.78, 5) is 17.2. The fourth-order valence-electron chi connectivity index (χ4n) is 3.56. The maximum absolute atomic E-state index is 12.8. The predicted molar refractivity (Wildman–Crippen MR) is 105 cm³/mol. The Hall–Kier alpha value is -1.96. The zero-order chi connectivity index (χ0) is 19.4. The van der Waals surface area contributed by atoms with E-state index in [9.17, 15) is 4.79 Å². The quantitative estimate of drug-likeness (QED) is 0.789. The van der Waals surface area contributed by atoms with Crippen LogP contribution in [0.4, 0.5) is 0 Å². The van der Waals surface area contributed by atoms with Gasteiger partial charge in [0.2, 0.25) is 0 Å². The molecule has 3 heterocycles. The average molecular weight is 392 g/mol. The van der Waals surface area contributed by atoms with Crippen LogP contribution >= 0.6 is 11.6 Å². The lowest BCUT2D eigenvalue weighted by Crippen LogP contribution is -2.47. The monoisotopic (exact) mass is 391 g/mol. The lowest BCUT2D eigenvalue weighted by atomic mass is 9.79. The average Bonchev–Trinajstić information content (AvgIpc) is 2.99. The number of hydrogen-bond donors (Lipinski definition) is 2. The molecule has 1 aliphatic heterocycles. The van der Waals surface area contributed by atoms with Gasteiger partial charge < -0.3 is 15.4 Å². The van der Waals surface area contributed by atoms with E-state index in [4.69, 9.17) is 16.3 Å². The number of aromatic nitrogens is 3. The van der Waals surface area contributed by atoms with Gasteiger partial charge in [-0.25, -0.2) is 9.67 Å². The summed E-state index contributed by atoms with van der Waals surface area (Å²) >= 11 is 6.25. The van der Waals surface area contributed by atoms with Gasteiger partial charge in [-0.05, 0) is 58.0 Å². The number of aryl methyl sites for hydroxylation is 2. The Labute approximate surface area is 164 Å². The second kappa shape index (κ2) is 8.37. The lowest BCUT2D eigenvalue weighted by molar-refractivity contribution is 0.0511. The van der Waals surface area contributed by atoms with Gasteiger partial charge in [-0.2, -0.15) is 5.10 Å². The van der Waals surface area contributed by atoms with Crippen LogP contribution in [0.15, 0.2) is 18.2 Å². The molecular weight excluding hydrogens is 366 g/mol. The van der Waals surface area contributed by atoms with Crippen molar-refractivity contribution in [3.63, 3.8) is 0 Å². The molecule has 1 fully saturated rings. The summed E-state index contributed by atoms with van der Waals surface area (Å²) in [6, 6.07) is 5.41. The zero-order valence-electron chi connectivity index (χ0n) is 16.0. The summed E-state index contributed by atoms with van der Waals surface area (Å²) in [5.74, 6) is 0.293. The fourth-order valence-corrected chi connectivity index (χ4v) is 3.75. The van der Waals surface area contributed by atoms with Crippen LogP contribution in [0.25, 0.3) is 5.82 Å². The minimum Gasteiger partial charge on any atom is -0.384 e. The van der Waals surface area contributed by atoms with Crippen LogP contribution < -0.4 is 10.6 Å². The fraction of sp³-hybridized carbons (Fsp3) is 0.526. The molecule has 1 aliphatic rings. The second-order valence-electron chi connectivity index (χ2n) is 7.20. The molecule has 0 atom stereocenters. The van der Waals surface area contributed by atoms with Crippen LogP contribution in [-0.2, 0) is 4.74 Å². The topological polar surface area (TPSA) is 81.1 Å². The molecular formula is C19H26ClN5O2. The summed E-state index contributed by atoms with van der Waals surface area (Å²) in [7, 11) is 1.70. The van der Waals surface area contributed by atoms with Gasteiger partial charge in [-0.3, -0.25) is 4.79 Å². The van der Waals surface area contributed by atoms with Gasteiger partial charge in [-0.15, -0.1) is 0 Å². The third-order valence-corrected chi connectivity index (χ3v) is 5.32. The van der Waals surface area contributed by atoms with E-state index in [1.165, 1.54) is 0 Å². The van der Waals surface area contributed by atoms with Crippen molar-refractivity contribution in [2.45, 2.75) is 26.7 Å². The number of halogens is 1. The molecule has 0 aliphatic carbocycles. The van der Waals surface area contributed by atoms with Gasteiger partial charge in [0.1, 0.15) is 5.69 Å². The van der Waals surface area contributed by atoms with Crippen molar-refractivity contribution in [2.75, 3.05) is 33.4 Å². The number of rotatable bonds is 6. The largest absolute Gasteiger partial charge is 0.384 e. The van der Waals surface area contributed by atoms with Crippen LogP contribution in [0, 0.1) is 19.3 Å². The highest BCUT2D eigenvalue weighted by Crippen LogP contribution is 2.28. The minimum atomic E-state index is -0.280. The molecule has 1 amide bonds. The van der Waals surface area contributed by atoms with E-state index in [0.717, 1.165) is 37.3 Å². The molecule has 0 unspecified atom stereocenters. The van der Waals surface area contributed by atoms with Crippen LogP contribution in [0.2, 0.25) is 5.02 Å². The number of carbonyl (C=O) groups is 1. The smallest absolute Gasteiger partial charge is 0.271 e. The van der Waals surface area contributed by atoms with Crippen molar-refractivity contribution >= 4 is 17.5 Å². The highest BCUT2D eigenvalue weighted by Gasteiger charge is 2.33. The van der Waals surface area contributed by atoms with Crippen molar-refractivity contribution < 1.29 is 9.53 Å². The van der Waals surface area contributed by atoms with Crippen LogP contribution in [0.3, 0.4) is 0 Å². The Morgan fingerprint density at radius 3 is 2.74 bits per heavy atom.